The smallest absolute Gasteiger partial charge is 0.330 e. The van der Waals surface area contributed by atoms with Gasteiger partial charge in [0.25, 0.3) is 5.56 Å². The molecular weight excluding hydrogens is 414 g/mol. The Kier molecular flexibility index (Phi) is 7.72. The normalized spacial score (nSPS) is 16.8. The van der Waals surface area contributed by atoms with Crippen LogP contribution in [0.3, 0.4) is 0 Å². The van der Waals surface area contributed by atoms with E-state index in [-0.39, 0.29) is 35.9 Å². The van der Waals surface area contributed by atoms with E-state index in [0.717, 1.165) is 32.2 Å². The second-order valence-electron chi connectivity index (χ2n) is 8.54. The van der Waals surface area contributed by atoms with Gasteiger partial charge in [0.05, 0.1) is 6.54 Å². The second kappa shape index (κ2) is 10.3. The van der Waals surface area contributed by atoms with Crippen molar-refractivity contribution in [1.29, 1.82) is 0 Å². The first-order valence-electron chi connectivity index (χ1n) is 11.0. The van der Waals surface area contributed by atoms with Crippen molar-refractivity contribution in [2.45, 2.75) is 59.0 Å². The van der Waals surface area contributed by atoms with E-state index in [2.05, 4.69) is 21.3 Å². The number of nitrogens with one attached hydrogen (secondary N) is 1. The van der Waals surface area contributed by atoms with Gasteiger partial charge in [-0.15, -0.1) is 11.3 Å². The molecule has 0 aliphatic carbocycles. The number of likely N-dealkylation sites (tertiary alicyclic amines) is 1. The zero-order valence-electron chi connectivity index (χ0n) is 18.6. The number of carbonyl (C=O) groups excluding carboxylic acids is 1. The van der Waals surface area contributed by atoms with Gasteiger partial charge in [-0.25, -0.2) is 4.79 Å². The molecule has 3 N–H and O–H groups in total. The molecule has 3 rings (SSSR count). The molecule has 0 saturated carbocycles. The van der Waals surface area contributed by atoms with Crippen molar-refractivity contribution < 1.29 is 4.79 Å². The average molecular weight is 448 g/mol. The quantitative estimate of drug-likeness (QED) is 0.615. The number of unbranched alkanes of at least 4 members (excludes halogenated alkanes) is 1. The Morgan fingerprint density at radius 1 is 1.39 bits per heavy atom. The average Bonchev–Trinajstić information content (AvgIpc) is 3.38. The molecule has 2 aromatic heterocycles. The minimum atomic E-state index is -0.608. The van der Waals surface area contributed by atoms with Crippen molar-refractivity contribution in [3.63, 3.8) is 0 Å². The van der Waals surface area contributed by atoms with Gasteiger partial charge in [0, 0.05) is 24.0 Å². The van der Waals surface area contributed by atoms with Gasteiger partial charge in [-0.2, -0.15) is 0 Å². The number of rotatable bonds is 9. The Balaban J connectivity index is 1.92. The maximum Gasteiger partial charge on any atom is 0.330 e. The molecule has 1 aliphatic rings. The number of carbonyl (C=O) groups is 1. The van der Waals surface area contributed by atoms with Gasteiger partial charge in [-0.3, -0.25) is 24.0 Å². The monoisotopic (exact) mass is 447 g/mol. The number of anilines is 2. The number of hydrogen-bond acceptors (Lipinski definition) is 6. The summed E-state index contributed by atoms with van der Waals surface area (Å²) in [5.74, 6) is 0.0571. The predicted octanol–water partition coefficient (Wildman–Crippen LogP) is 2.81. The molecule has 3 heterocycles. The highest BCUT2D eigenvalue weighted by atomic mass is 32.1. The lowest BCUT2D eigenvalue weighted by Gasteiger charge is -2.29. The van der Waals surface area contributed by atoms with Crippen LogP contribution in [0.1, 0.15) is 57.4 Å². The van der Waals surface area contributed by atoms with Crippen molar-refractivity contribution in [3.05, 3.63) is 43.2 Å². The summed E-state index contributed by atoms with van der Waals surface area (Å²) in [6.07, 6.45) is 3.66. The molecule has 1 unspecified atom stereocenters. The highest BCUT2D eigenvalue weighted by Crippen LogP contribution is 2.34. The lowest BCUT2D eigenvalue weighted by Crippen LogP contribution is -2.45. The summed E-state index contributed by atoms with van der Waals surface area (Å²) in [5.41, 5.74) is 5.23. The molecule has 0 radical (unpaired) electrons. The number of nitrogen functional groups attached to an aromatic ring is 1. The zero-order chi connectivity index (χ0) is 22.5. The molecule has 1 aliphatic heterocycles. The van der Waals surface area contributed by atoms with Gasteiger partial charge >= 0.3 is 5.69 Å². The van der Waals surface area contributed by atoms with Crippen molar-refractivity contribution >= 4 is 28.7 Å². The van der Waals surface area contributed by atoms with Gasteiger partial charge in [-0.1, -0.05) is 33.3 Å². The van der Waals surface area contributed by atoms with E-state index >= 15 is 0 Å². The highest BCUT2D eigenvalue weighted by molar-refractivity contribution is 7.10. The van der Waals surface area contributed by atoms with Crippen molar-refractivity contribution in [1.82, 2.24) is 14.5 Å². The number of amides is 1. The fourth-order valence-electron chi connectivity index (χ4n) is 4.14. The standard InChI is InChI=1S/C22H33N5O3S/c1-4-5-11-26(19-20(23)27(13-15(2)3)22(30)24-21(19)29)18(28)14-25-10-6-8-16(25)17-9-7-12-31-17/h7,9,12,15-16H,4-6,8,10-11,13-14,23H2,1-3H3,(H,24,29,30). The van der Waals surface area contributed by atoms with Crippen molar-refractivity contribution in [3.8, 4) is 0 Å². The first kappa shape index (κ1) is 23.3. The molecule has 9 heteroatoms. The van der Waals surface area contributed by atoms with E-state index in [4.69, 9.17) is 5.73 Å². The van der Waals surface area contributed by atoms with Gasteiger partial charge in [0.2, 0.25) is 5.91 Å². The first-order valence-corrected chi connectivity index (χ1v) is 11.9. The van der Waals surface area contributed by atoms with Gasteiger partial charge in [0.15, 0.2) is 5.69 Å². The predicted molar refractivity (Wildman–Crippen MR) is 126 cm³/mol. The largest absolute Gasteiger partial charge is 0.383 e. The Hall–Kier alpha value is -2.39. The number of aromatic amines is 1. The van der Waals surface area contributed by atoms with Crippen LogP contribution in [-0.2, 0) is 11.3 Å². The van der Waals surface area contributed by atoms with E-state index in [1.807, 2.05) is 26.8 Å². The van der Waals surface area contributed by atoms with Crippen LogP contribution in [0.25, 0.3) is 0 Å². The number of thiophene rings is 1. The molecule has 0 aromatic carbocycles. The van der Waals surface area contributed by atoms with Crippen LogP contribution in [0, 0.1) is 5.92 Å². The maximum atomic E-state index is 13.4. The summed E-state index contributed by atoms with van der Waals surface area (Å²) in [5, 5.41) is 2.05. The van der Waals surface area contributed by atoms with Gasteiger partial charge in [0.1, 0.15) is 5.82 Å². The second-order valence-corrected chi connectivity index (χ2v) is 9.52. The molecule has 1 atom stereocenters. The van der Waals surface area contributed by atoms with E-state index in [1.54, 1.807) is 11.3 Å². The molecule has 0 spiro atoms. The third-order valence-corrected chi connectivity index (χ3v) is 6.62. The minimum absolute atomic E-state index is 0.0585. The molecule has 1 saturated heterocycles. The van der Waals surface area contributed by atoms with Crippen LogP contribution < -0.4 is 21.9 Å². The van der Waals surface area contributed by atoms with Gasteiger partial charge < -0.3 is 10.6 Å². The summed E-state index contributed by atoms with van der Waals surface area (Å²) < 4.78 is 1.36. The summed E-state index contributed by atoms with van der Waals surface area (Å²) in [7, 11) is 0. The molecular formula is C22H33N5O3S. The van der Waals surface area contributed by atoms with E-state index in [1.165, 1.54) is 14.3 Å². The number of nitrogens with zero attached hydrogens (tertiary/aromatic N) is 3. The number of nitrogens with two attached hydrogens (primary N) is 1. The Morgan fingerprint density at radius 3 is 2.81 bits per heavy atom. The third-order valence-electron chi connectivity index (χ3n) is 5.64. The number of hydrogen-bond donors (Lipinski definition) is 2. The first-order chi connectivity index (χ1) is 14.8. The number of H-pyrrole nitrogens is 1. The maximum absolute atomic E-state index is 13.4. The van der Waals surface area contributed by atoms with Crippen LogP contribution in [0.5, 0.6) is 0 Å². The minimum Gasteiger partial charge on any atom is -0.383 e. The van der Waals surface area contributed by atoms with Crippen LogP contribution in [0.15, 0.2) is 27.1 Å². The highest BCUT2D eigenvalue weighted by Gasteiger charge is 2.31. The summed E-state index contributed by atoms with van der Waals surface area (Å²) in [6.45, 7) is 7.78. The summed E-state index contributed by atoms with van der Waals surface area (Å²) in [4.78, 5) is 45.8. The van der Waals surface area contributed by atoms with Crippen LogP contribution in [0.2, 0.25) is 0 Å². The molecule has 1 amide bonds. The van der Waals surface area contributed by atoms with E-state index in [9.17, 15) is 14.4 Å². The lowest BCUT2D eigenvalue weighted by atomic mass is 10.2. The van der Waals surface area contributed by atoms with Crippen molar-refractivity contribution in [2.75, 3.05) is 30.3 Å². The van der Waals surface area contributed by atoms with Crippen LogP contribution >= 0.6 is 11.3 Å². The Labute approximate surface area is 186 Å². The zero-order valence-corrected chi connectivity index (χ0v) is 19.4. The molecule has 8 nitrogen and oxygen atoms in total. The summed E-state index contributed by atoms with van der Waals surface area (Å²) in [6, 6.07) is 4.36. The van der Waals surface area contributed by atoms with E-state index < -0.39 is 11.2 Å². The van der Waals surface area contributed by atoms with Crippen LogP contribution in [-0.4, -0.2) is 40.0 Å². The fraction of sp³-hybridized carbons (Fsp3) is 0.591. The topological polar surface area (TPSA) is 104 Å². The third kappa shape index (κ3) is 5.27. The van der Waals surface area contributed by atoms with E-state index in [0.29, 0.717) is 13.1 Å². The molecule has 2 aromatic rings. The van der Waals surface area contributed by atoms with Gasteiger partial charge in [-0.05, 0) is 43.2 Å². The Bertz CT molecular complexity index is 996. The van der Waals surface area contributed by atoms with Crippen LogP contribution in [0.4, 0.5) is 11.5 Å². The molecule has 170 valence electrons. The van der Waals surface area contributed by atoms with Crippen molar-refractivity contribution in [2.24, 2.45) is 5.92 Å². The fourth-order valence-corrected chi connectivity index (χ4v) is 5.04. The lowest BCUT2D eigenvalue weighted by molar-refractivity contribution is -0.120. The molecule has 31 heavy (non-hydrogen) atoms. The summed E-state index contributed by atoms with van der Waals surface area (Å²) >= 11 is 1.70. The molecule has 0 bridgehead atoms. The SMILES string of the molecule is CCCCN(C(=O)CN1CCCC1c1cccs1)c1c(N)n(CC(C)C)c(=O)[nH]c1=O. The number of aromatic nitrogens is 2. The molecule has 1 fully saturated rings. The Morgan fingerprint density at radius 2 is 2.16 bits per heavy atom.